The van der Waals surface area contributed by atoms with Gasteiger partial charge in [0.15, 0.2) is 0 Å². The van der Waals surface area contributed by atoms with Gasteiger partial charge in [-0.3, -0.25) is 15.4 Å². The second-order valence-corrected chi connectivity index (χ2v) is 5.81. The van der Waals surface area contributed by atoms with Gasteiger partial charge >= 0.3 is 11.8 Å². The Morgan fingerprint density at radius 1 is 1.41 bits per heavy atom. The number of nitro groups is 1. The third-order valence-corrected chi connectivity index (χ3v) is 2.58. The normalized spacial score (nSPS) is 10.5. The summed E-state index contributed by atoms with van der Waals surface area (Å²) < 4.78 is 5.11. The molecule has 0 heterocycles. The number of terminal acetylenes is 1. The van der Waals surface area contributed by atoms with Crippen LogP contribution in [0.5, 0.6) is 0 Å². The molecule has 0 aliphatic heterocycles. The molecule has 0 atom stereocenters. The maximum absolute atomic E-state index is 11.9. The van der Waals surface area contributed by atoms with Gasteiger partial charge in [0, 0.05) is 19.8 Å². The quantitative estimate of drug-likeness (QED) is 0.527. The van der Waals surface area contributed by atoms with E-state index in [1.807, 2.05) is 0 Å². The summed E-state index contributed by atoms with van der Waals surface area (Å²) in [6.07, 6.45) is 4.56. The van der Waals surface area contributed by atoms with Crippen LogP contribution in [0.3, 0.4) is 0 Å². The van der Waals surface area contributed by atoms with E-state index < -0.39 is 16.6 Å². The lowest BCUT2D eigenvalue weighted by Crippen LogP contribution is -2.27. The average molecular weight is 305 g/mol. The van der Waals surface area contributed by atoms with Gasteiger partial charge in [-0.2, -0.15) is 0 Å². The van der Waals surface area contributed by atoms with E-state index in [0.29, 0.717) is 5.69 Å². The fourth-order valence-electron chi connectivity index (χ4n) is 1.69. The fourth-order valence-corrected chi connectivity index (χ4v) is 1.69. The summed E-state index contributed by atoms with van der Waals surface area (Å²) in [5.74, 6) is 2.27. The Morgan fingerprint density at radius 2 is 2.00 bits per heavy atom. The number of amides is 1. The maximum Gasteiger partial charge on any atom is 0.412 e. The van der Waals surface area contributed by atoms with Crippen LogP contribution in [0, 0.1) is 22.5 Å². The molecule has 7 heteroatoms. The average Bonchev–Trinajstić information content (AvgIpc) is 2.34. The molecule has 7 nitrogen and oxygen atoms in total. The third-order valence-electron chi connectivity index (χ3n) is 2.58. The minimum absolute atomic E-state index is 0.00148. The van der Waals surface area contributed by atoms with Gasteiger partial charge < -0.3 is 9.64 Å². The van der Waals surface area contributed by atoms with Crippen LogP contribution in [0.15, 0.2) is 12.1 Å². The summed E-state index contributed by atoms with van der Waals surface area (Å²) in [5.41, 5.74) is -0.336. The number of nitrogens with zero attached hydrogens (tertiary/aromatic N) is 2. The topological polar surface area (TPSA) is 84.7 Å². The molecule has 1 amide bonds. The van der Waals surface area contributed by atoms with Crippen molar-refractivity contribution >= 4 is 23.2 Å². The van der Waals surface area contributed by atoms with Crippen molar-refractivity contribution < 1.29 is 14.5 Å². The van der Waals surface area contributed by atoms with Crippen LogP contribution in [-0.2, 0) is 4.74 Å². The van der Waals surface area contributed by atoms with Gasteiger partial charge in [0.1, 0.15) is 16.9 Å². The van der Waals surface area contributed by atoms with Gasteiger partial charge in [0.05, 0.1) is 4.92 Å². The number of nitrogens with one attached hydrogen (secondary N) is 1. The summed E-state index contributed by atoms with van der Waals surface area (Å²) >= 11 is 0. The molecule has 0 unspecified atom stereocenters. The van der Waals surface area contributed by atoms with E-state index in [1.165, 1.54) is 12.1 Å². The molecule has 0 spiro atoms. The van der Waals surface area contributed by atoms with E-state index in [1.54, 1.807) is 39.8 Å². The zero-order valence-corrected chi connectivity index (χ0v) is 13.3. The van der Waals surface area contributed by atoms with Crippen molar-refractivity contribution in [2.24, 2.45) is 0 Å². The Balaban J connectivity index is 3.32. The van der Waals surface area contributed by atoms with Gasteiger partial charge in [0.2, 0.25) is 0 Å². The first kappa shape index (κ1) is 17.3. The van der Waals surface area contributed by atoms with Crippen molar-refractivity contribution in [3.63, 3.8) is 0 Å². The summed E-state index contributed by atoms with van der Waals surface area (Å²) in [6, 6.07) is 2.99. The lowest BCUT2D eigenvalue weighted by Gasteiger charge is -2.20. The number of hydrogen-bond acceptors (Lipinski definition) is 5. The van der Waals surface area contributed by atoms with E-state index in [4.69, 9.17) is 11.2 Å². The number of benzene rings is 1. The summed E-state index contributed by atoms with van der Waals surface area (Å²) in [7, 11) is 3.53. The molecule has 0 aromatic heterocycles. The van der Waals surface area contributed by atoms with Crippen molar-refractivity contribution in [2.75, 3.05) is 24.3 Å². The molecule has 1 N–H and O–H groups in total. The highest BCUT2D eigenvalue weighted by Crippen LogP contribution is 2.33. The maximum atomic E-state index is 11.9. The van der Waals surface area contributed by atoms with E-state index >= 15 is 0 Å². The van der Waals surface area contributed by atoms with Crippen LogP contribution in [0.25, 0.3) is 0 Å². The third kappa shape index (κ3) is 4.38. The number of carbonyl (C=O) groups excluding carboxylic acids is 1. The molecule has 0 saturated carbocycles. The van der Waals surface area contributed by atoms with E-state index in [0.717, 1.165) is 0 Å². The van der Waals surface area contributed by atoms with E-state index in [9.17, 15) is 14.9 Å². The lowest BCUT2D eigenvalue weighted by atomic mass is 10.1. The Morgan fingerprint density at radius 3 is 2.41 bits per heavy atom. The molecular weight excluding hydrogens is 286 g/mol. The first-order valence-corrected chi connectivity index (χ1v) is 6.51. The Bertz CT molecular complexity index is 639. The SMILES string of the molecule is C#Cc1cc(N(C)C)cc(NC(=O)OC(C)(C)C)c1[N+](=O)[O-]. The van der Waals surface area contributed by atoms with Crippen molar-refractivity contribution in [1.82, 2.24) is 0 Å². The van der Waals surface area contributed by atoms with Crippen molar-refractivity contribution in [3.05, 3.63) is 27.8 Å². The number of carbonyl (C=O) groups is 1. The minimum Gasteiger partial charge on any atom is -0.444 e. The Hall–Kier alpha value is -2.75. The largest absolute Gasteiger partial charge is 0.444 e. The minimum atomic E-state index is -0.783. The number of anilines is 2. The number of rotatable bonds is 3. The Kier molecular flexibility index (Phi) is 4.99. The first-order chi connectivity index (χ1) is 10.0. The summed E-state index contributed by atoms with van der Waals surface area (Å²) in [5, 5.41) is 13.6. The molecular formula is C15H19N3O4. The highest BCUT2D eigenvalue weighted by Gasteiger charge is 2.24. The molecule has 0 aliphatic carbocycles. The van der Waals surface area contributed by atoms with Gasteiger partial charge in [-0.1, -0.05) is 5.92 Å². The van der Waals surface area contributed by atoms with Crippen LogP contribution in [-0.4, -0.2) is 30.7 Å². The van der Waals surface area contributed by atoms with E-state index in [2.05, 4.69) is 11.2 Å². The van der Waals surface area contributed by atoms with Crippen LogP contribution in [0.4, 0.5) is 21.9 Å². The van der Waals surface area contributed by atoms with E-state index in [-0.39, 0.29) is 16.9 Å². The standard InChI is InChI=1S/C15H19N3O4/c1-7-10-8-11(17(5)6)9-12(13(10)18(20)21)16-14(19)22-15(2,3)4/h1,8-9H,2-6H3,(H,16,19). The molecule has 0 fully saturated rings. The molecule has 118 valence electrons. The van der Waals surface area contributed by atoms with Gasteiger partial charge in [-0.05, 0) is 32.9 Å². The molecule has 1 aromatic carbocycles. The number of nitro benzene ring substituents is 1. The zero-order valence-electron chi connectivity index (χ0n) is 13.3. The van der Waals surface area contributed by atoms with Crippen molar-refractivity contribution in [2.45, 2.75) is 26.4 Å². The molecule has 1 rings (SSSR count). The highest BCUT2D eigenvalue weighted by molar-refractivity contribution is 5.90. The molecule has 0 aliphatic rings. The highest BCUT2D eigenvalue weighted by atomic mass is 16.6. The van der Waals surface area contributed by atoms with Gasteiger partial charge in [0.25, 0.3) is 0 Å². The number of hydrogen-bond donors (Lipinski definition) is 1. The predicted octanol–water partition coefficient (Wildman–Crippen LogP) is 2.99. The molecule has 22 heavy (non-hydrogen) atoms. The molecule has 0 bridgehead atoms. The summed E-state index contributed by atoms with van der Waals surface area (Å²) in [6.45, 7) is 5.10. The van der Waals surface area contributed by atoms with Gasteiger partial charge in [-0.15, -0.1) is 6.42 Å². The van der Waals surface area contributed by atoms with Crippen LogP contribution in [0.2, 0.25) is 0 Å². The smallest absolute Gasteiger partial charge is 0.412 e. The molecule has 0 saturated heterocycles. The monoisotopic (exact) mass is 305 g/mol. The lowest BCUT2D eigenvalue weighted by molar-refractivity contribution is -0.384. The van der Waals surface area contributed by atoms with Crippen molar-refractivity contribution in [1.29, 1.82) is 0 Å². The van der Waals surface area contributed by atoms with Crippen LogP contribution in [0.1, 0.15) is 26.3 Å². The summed E-state index contributed by atoms with van der Waals surface area (Å²) in [4.78, 5) is 24.2. The van der Waals surface area contributed by atoms with Crippen LogP contribution < -0.4 is 10.2 Å². The molecule has 1 aromatic rings. The molecule has 0 radical (unpaired) electrons. The Labute approximate surface area is 129 Å². The van der Waals surface area contributed by atoms with Crippen molar-refractivity contribution in [3.8, 4) is 12.3 Å². The fraction of sp³-hybridized carbons (Fsp3) is 0.400. The number of ether oxygens (including phenoxy) is 1. The predicted molar refractivity (Wildman–Crippen MR) is 85.2 cm³/mol. The first-order valence-electron chi connectivity index (χ1n) is 6.51. The van der Waals surface area contributed by atoms with Crippen LogP contribution >= 0.6 is 0 Å². The second-order valence-electron chi connectivity index (χ2n) is 5.81. The van der Waals surface area contributed by atoms with Gasteiger partial charge in [-0.25, -0.2) is 4.79 Å². The zero-order chi connectivity index (χ0) is 17.1. The second kappa shape index (κ2) is 6.35.